The summed E-state index contributed by atoms with van der Waals surface area (Å²) in [6, 6.07) is 0. The molecule has 0 aromatic carbocycles. The molecule has 3 atom stereocenters. The van der Waals surface area contributed by atoms with E-state index < -0.39 is 0 Å². The second-order valence-corrected chi connectivity index (χ2v) is 8.46. The first kappa shape index (κ1) is 27.9. The average Bonchev–Trinajstić information content (AvgIpc) is 3.12. The number of hydrogen-bond acceptors (Lipinski definition) is 9. The van der Waals surface area contributed by atoms with Crippen LogP contribution in [-0.2, 0) is 38.1 Å². The molecule has 4 heterocycles. The molecule has 9 nitrogen and oxygen atoms in total. The van der Waals surface area contributed by atoms with Crippen molar-refractivity contribution in [3.05, 3.63) is 0 Å². The Morgan fingerprint density at radius 3 is 1.78 bits per heavy atom. The zero-order valence-corrected chi connectivity index (χ0v) is 19.9. The number of nitrogens with zero attached hydrogens (tertiary/aromatic N) is 1. The van der Waals surface area contributed by atoms with Crippen molar-refractivity contribution in [3.8, 4) is 0 Å². The van der Waals surface area contributed by atoms with Crippen LogP contribution in [-0.4, -0.2) is 67.4 Å². The number of esters is 4. The summed E-state index contributed by atoms with van der Waals surface area (Å²) in [6.45, 7) is 10.9. The molecule has 0 aliphatic carbocycles. The van der Waals surface area contributed by atoms with Crippen molar-refractivity contribution in [3.63, 3.8) is 0 Å². The first-order valence-corrected chi connectivity index (χ1v) is 11.6. The summed E-state index contributed by atoms with van der Waals surface area (Å²) in [7, 11) is 0. The third-order valence-corrected chi connectivity index (χ3v) is 5.29. The van der Waals surface area contributed by atoms with Gasteiger partial charge in [0, 0.05) is 25.8 Å². The normalized spacial score (nSPS) is 27.6. The lowest BCUT2D eigenvalue weighted by Gasteiger charge is -2.23. The molecule has 0 N–H and O–H groups in total. The Balaban J connectivity index is 0.000000214. The molecule has 0 amide bonds. The van der Waals surface area contributed by atoms with E-state index in [-0.39, 0.29) is 36.1 Å². The van der Waals surface area contributed by atoms with Crippen molar-refractivity contribution in [1.82, 2.24) is 4.90 Å². The van der Waals surface area contributed by atoms with Gasteiger partial charge in [0.15, 0.2) is 0 Å². The summed E-state index contributed by atoms with van der Waals surface area (Å²) in [6.07, 6.45) is 6.69. The van der Waals surface area contributed by atoms with Crippen LogP contribution in [0.25, 0.3) is 0 Å². The highest BCUT2D eigenvalue weighted by Crippen LogP contribution is 2.14. The van der Waals surface area contributed by atoms with Crippen LogP contribution in [0.4, 0.5) is 0 Å². The number of cyclic esters (lactones) is 4. The van der Waals surface area contributed by atoms with Crippen LogP contribution in [0.15, 0.2) is 0 Å². The molecule has 3 unspecified atom stereocenters. The third kappa shape index (κ3) is 13.3. The largest absolute Gasteiger partial charge is 0.466 e. The van der Waals surface area contributed by atoms with Gasteiger partial charge in [-0.15, -0.1) is 0 Å². The molecule has 0 aromatic heterocycles. The zero-order chi connectivity index (χ0) is 23.9. The van der Waals surface area contributed by atoms with E-state index in [1.807, 2.05) is 13.8 Å². The second kappa shape index (κ2) is 15.6. The first-order valence-electron chi connectivity index (χ1n) is 11.6. The molecular formula is C23H39NO8. The number of carbonyl (C=O) groups is 4. The van der Waals surface area contributed by atoms with Gasteiger partial charge >= 0.3 is 23.9 Å². The van der Waals surface area contributed by atoms with Gasteiger partial charge in [-0.25, -0.2) is 0 Å². The maximum atomic E-state index is 10.5. The summed E-state index contributed by atoms with van der Waals surface area (Å²) < 4.78 is 19.0. The molecule has 9 heteroatoms. The molecular weight excluding hydrogens is 418 g/mol. The van der Waals surface area contributed by atoms with Crippen molar-refractivity contribution in [1.29, 1.82) is 0 Å². The molecule has 4 aliphatic heterocycles. The molecule has 4 saturated heterocycles. The Hall–Kier alpha value is -2.16. The predicted octanol–water partition coefficient (Wildman–Crippen LogP) is 2.99. The van der Waals surface area contributed by atoms with E-state index in [0.717, 1.165) is 38.8 Å². The maximum absolute atomic E-state index is 10.5. The van der Waals surface area contributed by atoms with E-state index in [9.17, 15) is 19.2 Å². The van der Waals surface area contributed by atoms with Crippen LogP contribution in [0.5, 0.6) is 0 Å². The molecule has 0 radical (unpaired) electrons. The lowest BCUT2D eigenvalue weighted by atomic mass is 10.0. The number of ether oxygens (including phenoxy) is 4. The van der Waals surface area contributed by atoms with Gasteiger partial charge < -0.3 is 18.9 Å². The quantitative estimate of drug-likeness (QED) is 0.433. The molecule has 4 rings (SSSR count). The first-order chi connectivity index (χ1) is 15.2. The molecule has 4 fully saturated rings. The van der Waals surface area contributed by atoms with Crippen molar-refractivity contribution in [2.24, 2.45) is 5.92 Å². The minimum Gasteiger partial charge on any atom is -0.466 e. The van der Waals surface area contributed by atoms with Gasteiger partial charge in [-0.05, 0) is 52.0 Å². The van der Waals surface area contributed by atoms with Gasteiger partial charge in [-0.3, -0.25) is 24.1 Å². The van der Waals surface area contributed by atoms with Crippen LogP contribution < -0.4 is 0 Å². The number of hydrogen-bond donors (Lipinski definition) is 0. The van der Waals surface area contributed by atoms with E-state index in [2.05, 4.69) is 18.7 Å². The van der Waals surface area contributed by atoms with E-state index in [0.29, 0.717) is 44.9 Å². The lowest BCUT2D eigenvalue weighted by Crippen LogP contribution is -2.35. The minimum absolute atomic E-state index is 0.0382. The minimum atomic E-state index is -0.0697. The average molecular weight is 458 g/mol. The van der Waals surface area contributed by atoms with Gasteiger partial charge in [0.2, 0.25) is 0 Å². The number of carbonyl (C=O) groups excluding carboxylic acids is 4. The van der Waals surface area contributed by atoms with Crippen LogP contribution in [0.2, 0.25) is 0 Å². The standard InChI is InChI=1S/C6H11NO2.2C6H10O2.C5H8O2/c1-2-7-4-3-6(8)9-5-7;1-5-2-3-8-6(7)4-5;1-5-3-2-4-6(7)8-5;1-4-2-3-5(6)7-4/h2-5H2,1H3;2*5H,2-4H2,1H3;4H,2-3H2,1H3. The zero-order valence-electron chi connectivity index (χ0n) is 19.9. The fraction of sp³-hybridized carbons (Fsp3) is 0.826. The topological polar surface area (TPSA) is 108 Å². The summed E-state index contributed by atoms with van der Waals surface area (Å²) in [5.74, 6) is 0.343. The summed E-state index contributed by atoms with van der Waals surface area (Å²) in [4.78, 5) is 43.7. The van der Waals surface area contributed by atoms with Crippen LogP contribution >= 0.6 is 0 Å². The van der Waals surface area contributed by atoms with Crippen LogP contribution in [0.3, 0.4) is 0 Å². The predicted molar refractivity (Wildman–Crippen MR) is 116 cm³/mol. The molecule has 32 heavy (non-hydrogen) atoms. The summed E-state index contributed by atoms with van der Waals surface area (Å²) in [5.41, 5.74) is 0. The van der Waals surface area contributed by atoms with Gasteiger partial charge in [0.05, 0.1) is 25.2 Å². The van der Waals surface area contributed by atoms with Crippen molar-refractivity contribution < 1.29 is 38.1 Å². The number of rotatable bonds is 1. The Bertz CT molecular complexity index is 573. The van der Waals surface area contributed by atoms with Gasteiger partial charge in [0.25, 0.3) is 0 Å². The van der Waals surface area contributed by atoms with Crippen molar-refractivity contribution in [2.75, 3.05) is 26.4 Å². The second-order valence-electron chi connectivity index (χ2n) is 8.46. The fourth-order valence-corrected chi connectivity index (χ4v) is 3.16. The molecule has 0 saturated carbocycles. The van der Waals surface area contributed by atoms with Gasteiger partial charge in [0.1, 0.15) is 6.73 Å². The highest BCUT2D eigenvalue weighted by molar-refractivity contribution is 5.71. The highest BCUT2D eigenvalue weighted by Gasteiger charge is 2.18. The SMILES string of the molecule is CC1CCC(=O)O1.CC1CCCC(=O)O1.CC1CCOC(=O)C1.CCN1CCC(=O)OC1. The van der Waals surface area contributed by atoms with Crippen LogP contribution in [0, 0.1) is 5.92 Å². The maximum Gasteiger partial charge on any atom is 0.308 e. The van der Waals surface area contributed by atoms with E-state index in [1.165, 1.54) is 0 Å². The van der Waals surface area contributed by atoms with Gasteiger partial charge in [-0.1, -0.05) is 13.8 Å². The molecule has 4 aliphatic rings. The van der Waals surface area contributed by atoms with Gasteiger partial charge in [-0.2, -0.15) is 0 Å². The lowest BCUT2D eigenvalue weighted by molar-refractivity contribution is -0.155. The third-order valence-electron chi connectivity index (χ3n) is 5.29. The Morgan fingerprint density at radius 1 is 0.781 bits per heavy atom. The molecule has 0 aromatic rings. The highest BCUT2D eigenvalue weighted by atomic mass is 16.6. The Labute approximate surface area is 191 Å². The summed E-state index contributed by atoms with van der Waals surface area (Å²) >= 11 is 0. The Kier molecular flexibility index (Phi) is 13.6. The fourth-order valence-electron chi connectivity index (χ4n) is 3.16. The van der Waals surface area contributed by atoms with Crippen molar-refractivity contribution >= 4 is 23.9 Å². The molecule has 184 valence electrons. The molecule has 0 bridgehead atoms. The Morgan fingerprint density at radius 2 is 1.44 bits per heavy atom. The van der Waals surface area contributed by atoms with E-state index in [4.69, 9.17) is 18.9 Å². The summed E-state index contributed by atoms with van der Waals surface area (Å²) in [5, 5.41) is 0. The van der Waals surface area contributed by atoms with Crippen molar-refractivity contribution in [2.45, 2.75) is 91.3 Å². The smallest absolute Gasteiger partial charge is 0.308 e. The van der Waals surface area contributed by atoms with Crippen LogP contribution in [0.1, 0.15) is 79.1 Å². The van der Waals surface area contributed by atoms with E-state index >= 15 is 0 Å². The monoisotopic (exact) mass is 457 g/mol. The molecule has 0 spiro atoms. The van der Waals surface area contributed by atoms with E-state index in [1.54, 1.807) is 0 Å².